The molecule has 0 aliphatic carbocycles. The molecule has 0 bridgehead atoms. The normalized spacial score (nSPS) is 15.2. The molecule has 4 nitrogen and oxygen atoms in total. The van der Waals surface area contributed by atoms with Crippen LogP contribution in [-0.2, 0) is 9.47 Å². The molecule has 1 heterocycles. The van der Waals surface area contributed by atoms with E-state index in [-0.39, 0.29) is 17.7 Å². The second-order valence-electron chi connectivity index (χ2n) is 5.61. The summed E-state index contributed by atoms with van der Waals surface area (Å²) in [6, 6.07) is 3.87. The third kappa shape index (κ3) is 6.14. The van der Waals surface area contributed by atoms with Crippen LogP contribution in [0.3, 0.4) is 0 Å². The van der Waals surface area contributed by atoms with Gasteiger partial charge >= 0.3 is 0 Å². The molecule has 0 fully saturated rings. The number of hydrogen-bond donors (Lipinski definition) is 1. The summed E-state index contributed by atoms with van der Waals surface area (Å²) >= 11 is 0. The van der Waals surface area contributed by atoms with Crippen LogP contribution in [0.4, 0.5) is 0 Å². The van der Waals surface area contributed by atoms with Crippen LogP contribution in [0.15, 0.2) is 24.5 Å². The van der Waals surface area contributed by atoms with Crippen molar-refractivity contribution in [3.8, 4) is 0 Å². The van der Waals surface area contributed by atoms with Gasteiger partial charge in [-0.25, -0.2) is 0 Å². The van der Waals surface area contributed by atoms with Crippen LogP contribution < -0.4 is 5.73 Å². The molecule has 0 amide bonds. The van der Waals surface area contributed by atoms with Gasteiger partial charge in [0.1, 0.15) is 0 Å². The number of ether oxygens (including phenoxy) is 2. The highest BCUT2D eigenvalue weighted by Gasteiger charge is 2.19. The van der Waals surface area contributed by atoms with Crippen molar-refractivity contribution in [1.29, 1.82) is 0 Å². The van der Waals surface area contributed by atoms with E-state index in [2.05, 4.69) is 11.9 Å². The Hall–Kier alpha value is -0.970. The third-order valence-corrected chi connectivity index (χ3v) is 2.79. The van der Waals surface area contributed by atoms with Crippen molar-refractivity contribution in [2.45, 2.75) is 51.9 Å². The highest BCUT2D eigenvalue weighted by atomic mass is 16.5. The van der Waals surface area contributed by atoms with Gasteiger partial charge in [0.25, 0.3) is 0 Å². The van der Waals surface area contributed by atoms with Gasteiger partial charge in [0.05, 0.1) is 24.9 Å². The molecule has 0 radical (unpaired) electrons. The van der Waals surface area contributed by atoms with Crippen molar-refractivity contribution < 1.29 is 9.47 Å². The summed E-state index contributed by atoms with van der Waals surface area (Å²) < 4.78 is 11.5. The summed E-state index contributed by atoms with van der Waals surface area (Å²) in [5.74, 6) is 0. The molecular formula is C15H26N2O2. The summed E-state index contributed by atoms with van der Waals surface area (Å²) in [6.45, 7) is 9.25. The molecule has 2 N–H and O–H groups in total. The Kier molecular flexibility index (Phi) is 6.42. The van der Waals surface area contributed by atoms with Gasteiger partial charge in [-0.05, 0) is 33.3 Å². The summed E-state index contributed by atoms with van der Waals surface area (Å²) in [4.78, 5) is 4.12. The van der Waals surface area contributed by atoms with Crippen molar-refractivity contribution >= 4 is 0 Å². The van der Waals surface area contributed by atoms with Crippen molar-refractivity contribution in [2.24, 2.45) is 5.73 Å². The second-order valence-corrected chi connectivity index (χ2v) is 5.61. The Bertz CT molecular complexity index is 349. The fraction of sp³-hybridized carbons (Fsp3) is 0.667. The Morgan fingerprint density at radius 2 is 2.05 bits per heavy atom. The maximum Gasteiger partial charge on any atom is 0.0991 e. The van der Waals surface area contributed by atoms with Gasteiger partial charge in [-0.3, -0.25) is 4.98 Å². The standard InChI is InChI=1S/C15H26N2O2/c1-5-13(16)14(12-7-6-8-17-11-12)18-9-10-19-15(2,3)4/h6-8,11,13-14H,5,9-10,16H2,1-4H3. The minimum Gasteiger partial charge on any atom is -0.373 e. The highest BCUT2D eigenvalue weighted by Crippen LogP contribution is 2.21. The van der Waals surface area contributed by atoms with Crippen molar-refractivity contribution in [2.75, 3.05) is 13.2 Å². The molecule has 0 aliphatic heterocycles. The van der Waals surface area contributed by atoms with Crippen molar-refractivity contribution in [1.82, 2.24) is 4.98 Å². The largest absolute Gasteiger partial charge is 0.373 e. The first-order valence-electron chi connectivity index (χ1n) is 6.85. The molecule has 0 aliphatic rings. The average Bonchev–Trinajstić information content (AvgIpc) is 2.38. The minimum atomic E-state index is -0.139. The van der Waals surface area contributed by atoms with Crippen LogP contribution in [-0.4, -0.2) is 29.8 Å². The van der Waals surface area contributed by atoms with Crippen LogP contribution >= 0.6 is 0 Å². The average molecular weight is 266 g/mol. The molecule has 1 aromatic rings. The number of hydrogen-bond acceptors (Lipinski definition) is 4. The minimum absolute atomic E-state index is 0.0289. The first-order valence-corrected chi connectivity index (χ1v) is 6.85. The van der Waals surface area contributed by atoms with Crippen molar-refractivity contribution in [3.63, 3.8) is 0 Å². The van der Waals surface area contributed by atoms with E-state index < -0.39 is 0 Å². The molecular weight excluding hydrogens is 240 g/mol. The molecule has 0 spiro atoms. The zero-order valence-corrected chi connectivity index (χ0v) is 12.4. The van der Waals surface area contributed by atoms with Crippen LogP contribution in [0.1, 0.15) is 45.8 Å². The molecule has 2 unspecified atom stereocenters. The highest BCUT2D eigenvalue weighted by molar-refractivity contribution is 5.14. The number of pyridine rings is 1. The predicted octanol–water partition coefficient (Wildman–Crippen LogP) is 2.69. The smallest absolute Gasteiger partial charge is 0.0991 e. The Morgan fingerprint density at radius 3 is 2.58 bits per heavy atom. The van der Waals surface area contributed by atoms with Crippen LogP contribution in [0.5, 0.6) is 0 Å². The maximum absolute atomic E-state index is 6.12. The van der Waals surface area contributed by atoms with E-state index in [4.69, 9.17) is 15.2 Å². The lowest BCUT2D eigenvalue weighted by atomic mass is 10.0. The lowest BCUT2D eigenvalue weighted by molar-refractivity contribution is -0.0571. The van der Waals surface area contributed by atoms with Gasteiger partial charge in [0, 0.05) is 24.0 Å². The number of nitrogens with two attached hydrogens (primary N) is 1. The van der Waals surface area contributed by atoms with Gasteiger partial charge in [0.15, 0.2) is 0 Å². The van der Waals surface area contributed by atoms with E-state index in [1.54, 1.807) is 6.20 Å². The second kappa shape index (κ2) is 7.58. The van der Waals surface area contributed by atoms with Crippen molar-refractivity contribution in [3.05, 3.63) is 30.1 Å². The number of rotatable bonds is 7. The molecule has 1 aromatic heterocycles. The lowest BCUT2D eigenvalue weighted by Gasteiger charge is -2.25. The van der Waals surface area contributed by atoms with Gasteiger partial charge < -0.3 is 15.2 Å². The van der Waals surface area contributed by atoms with Crippen LogP contribution in [0.2, 0.25) is 0 Å². The predicted molar refractivity (Wildman–Crippen MR) is 76.9 cm³/mol. The van der Waals surface area contributed by atoms with Crippen LogP contribution in [0.25, 0.3) is 0 Å². The molecule has 4 heteroatoms. The zero-order chi connectivity index (χ0) is 14.3. The fourth-order valence-electron chi connectivity index (χ4n) is 1.75. The topological polar surface area (TPSA) is 57.4 Å². The molecule has 108 valence electrons. The summed E-state index contributed by atoms with van der Waals surface area (Å²) in [5.41, 5.74) is 7.01. The summed E-state index contributed by atoms with van der Waals surface area (Å²) in [6.07, 6.45) is 4.30. The Morgan fingerprint density at radius 1 is 1.32 bits per heavy atom. The zero-order valence-electron chi connectivity index (χ0n) is 12.4. The molecule has 0 saturated heterocycles. The number of aromatic nitrogens is 1. The lowest BCUT2D eigenvalue weighted by Crippen LogP contribution is -2.31. The Balaban J connectivity index is 2.52. The number of nitrogens with zero attached hydrogens (tertiary/aromatic N) is 1. The summed E-state index contributed by atoms with van der Waals surface area (Å²) in [7, 11) is 0. The summed E-state index contributed by atoms with van der Waals surface area (Å²) in [5, 5.41) is 0. The molecule has 0 aromatic carbocycles. The molecule has 0 saturated carbocycles. The molecule has 19 heavy (non-hydrogen) atoms. The van der Waals surface area contributed by atoms with Gasteiger partial charge in [-0.15, -0.1) is 0 Å². The van der Waals surface area contributed by atoms with Gasteiger partial charge in [-0.2, -0.15) is 0 Å². The molecule has 1 rings (SSSR count). The van der Waals surface area contributed by atoms with E-state index >= 15 is 0 Å². The van der Waals surface area contributed by atoms with E-state index in [1.807, 2.05) is 39.1 Å². The monoisotopic (exact) mass is 266 g/mol. The van der Waals surface area contributed by atoms with Gasteiger partial charge in [-0.1, -0.05) is 13.0 Å². The molecule has 2 atom stereocenters. The third-order valence-electron chi connectivity index (χ3n) is 2.79. The van der Waals surface area contributed by atoms with E-state index in [9.17, 15) is 0 Å². The first-order chi connectivity index (χ1) is 8.94. The van der Waals surface area contributed by atoms with E-state index in [1.165, 1.54) is 0 Å². The maximum atomic E-state index is 6.12. The quantitative estimate of drug-likeness (QED) is 0.771. The Labute approximate surface area is 116 Å². The first kappa shape index (κ1) is 16.1. The fourth-order valence-corrected chi connectivity index (χ4v) is 1.75. The van der Waals surface area contributed by atoms with Gasteiger partial charge in [0.2, 0.25) is 0 Å². The SMILES string of the molecule is CCC(N)C(OCCOC(C)(C)C)c1cccnc1. The van der Waals surface area contributed by atoms with Crippen LogP contribution in [0, 0.1) is 0 Å². The van der Waals surface area contributed by atoms with E-state index in [0.717, 1.165) is 12.0 Å². The van der Waals surface area contributed by atoms with E-state index in [0.29, 0.717) is 13.2 Å².